The van der Waals surface area contributed by atoms with Gasteiger partial charge in [0.2, 0.25) is 5.91 Å². The first-order valence-corrected chi connectivity index (χ1v) is 12.6. The Morgan fingerprint density at radius 1 is 0.947 bits per heavy atom. The van der Waals surface area contributed by atoms with Gasteiger partial charge in [-0.25, -0.2) is 0 Å². The highest BCUT2D eigenvalue weighted by atomic mass is 35.5. The summed E-state index contributed by atoms with van der Waals surface area (Å²) in [4.78, 5) is 55.1. The highest BCUT2D eigenvalue weighted by Crippen LogP contribution is 2.24. The van der Waals surface area contributed by atoms with E-state index >= 15 is 0 Å². The lowest BCUT2D eigenvalue weighted by Crippen LogP contribution is -2.61. The molecule has 38 heavy (non-hydrogen) atoms. The fourth-order valence-electron chi connectivity index (χ4n) is 4.71. The summed E-state index contributed by atoms with van der Waals surface area (Å²) in [6.07, 6.45) is 3.82. The number of carbonyl (C=O) groups excluding carboxylic acids is 3. The van der Waals surface area contributed by atoms with Crippen LogP contribution in [0.5, 0.6) is 0 Å². The second-order valence-corrected chi connectivity index (χ2v) is 9.67. The maximum atomic E-state index is 13.1. The molecule has 1 fully saturated rings. The number of carbonyl (C=O) groups is 3. The van der Waals surface area contributed by atoms with Gasteiger partial charge in [0.05, 0.1) is 17.1 Å². The van der Waals surface area contributed by atoms with Crippen LogP contribution < -0.4 is 16.2 Å². The third-order valence-corrected chi connectivity index (χ3v) is 7.13. The second kappa shape index (κ2) is 10.5. The lowest BCUT2D eigenvalue weighted by Gasteiger charge is -2.39. The van der Waals surface area contributed by atoms with E-state index in [2.05, 4.69) is 15.6 Å². The molecular formula is C28H26ClN5O4. The van der Waals surface area contributed by atoms with E-state index in [9.17, 15) is 19.2 Å². The number of H-pyrrole nitrogens is 1. The first-order chi connectivity index (χ1) is 18.3. The molecule has 1 saturated heterocycles. The molecule has 0 saturated carbocycles. The lowest BCUT2D eigenvalue weighted by molar-refractivity contribution is -0.130. The van der Waals surface area contributed by atoms with Crippen molar-refractivity contribution >= 4 is 40.2 Å². The Hall–Kier alpha value is -4.37. The monoisotopic (exact) mass is 531 g/mol. The van der Waals surface area contributed by atoms with Gasteiger partial charge in [-0.15, -0.1) is 0 Å². The van der Waals surface area contributed by atoms with Gasteiger partial charge < -0.3 is 20.5 Å². The van der Waals surface area contributed by atoms with E-state index in [4.69, 9.17) is 11.6 Å². The number of aromatic nitrogens is 2. The van der Waals surface area contributed by atoms with E-state index < -0.39 is 6.04 Å². The number of hydrogen-bond acceptors (Lipinski definition) is 4. The van der Waals surface area contributed by atoms with E-state index in [1.165, 1.54) is 17.6 Å². The van der Waals surface area contributed by atoms with Crippen molar-refractivity contribution in [1.82, 2.24) is 25.1 Å². The molecule has 4 aromatic rings. The molecule has 0 unspecified atom stereocenters. The predicted octanol–water partition coefficient (Wildman–Crippen LogP) is 3.12. The second-order valence-electron chi connectivity index (χ2n) is 9.27. The molecule has 5 rings (SSSR count). The molecular weight excluding hydrogens is 506 g/mol. The van der Waals surface area contributed by atoms with Crippen LogP contribution in [-0.2, 0) is 4.79 Å². The van der Waals surface area contributed by atoms with Crippen LogP contribution in [0.2, 0.25) is 5.02 Å². The molecule has 0 bridgehead atoms. The highest BCUT2D eigenvalue weighted by Gasteiger charge is 2.33. The number of aromatic amines is 1. The summed E-state index contributed by atoms with van der Waals surface area (Å²) < 4.78 is 1.48. The van der Waals surface area contributed by atoms with Crippen molar-refractivity contribution in [2.75, 3.05) is 13.1 Å². The predicted molar refractivity (Wildman–Crippen MR) is 145 cm³/mol. The van der Waals surface area contributed by atoms with Gasteiger partial charge >= 0.3 is 0 Å². The summed E-state index contributed by atoms with van der Waals surface area (Å²) in [7, 11) is 0. The number of rotatable bonds is 5. The number of piperidine rings is 1. The average molecular weight is 532 g/mol. The molecule has 3 heterocycles. The number of hydrogen-bond donors (Lipinski definition) is 3. The number of amides is 3. The van der Waals surface area contributed by atoms with Gasteiger partial charge in [-0.2, -0.15) is 0 Å². The zero-order valence-corrected chi connectivity index (χ0v) is 21.4. The minimum Gasteiger partial charge on any atom is -0.360 e. The van der Waals surface area contributed by atoms with Crippen molar-refractivity contribution in [2.45, 2.75) is 25.4 Å². The number of nitrogens with one attached hydrogen (secondary N) is 3. The third-order valence-electron chi connectivity index (χ3n) is 6.81. The Bertz CT molecular complexity index is 1580. The zero-order valence-electron chi connectivity index (χ0n) is 20.6. The van der Waals surface area contributed by atoms with Gasteiger partial charge in [-0.3, -0.25) is 23.7 Å². The van der Waals surface area contributed by atoms with Gasteiger partial charge in [0, 0.05) is 66.2 Å². The van der Waals surface area contributed by atoms with Crippen LogP contribution in [0.1, 0.15) is 34.1 Å². The van der Waals surface area contributed by atoms with Crippen molar-refractivity contribution in [2.24, 2.45) is 0 Å². The van der Waals surface area contributed by atoms with Crippen LogP contribution in [0.15, 0.2) is 77.9 Å². The van der Waals surface area contributed by atoms with Crippen LogP contribution in [0.25, 0.3) is 16.6 Å². The van der Waals surface area contributed by atoms with E-state index in [1.54, 1.807) is 71.9 Å². The van der Waals surface area contributed by atoms with Gasteiger partial charge in [0.25, 0.3) is 17.4 Å². The number of fused-ring (bicyclic) bond motifs is 1. The fourth-order valence-corrected chi connectivity index (χ4v) is 4.93. The summed E-state index contributed by atoms with van der Waals surface area (Å²) in [5.74, 6) is -0.717. The Kier molecular flexibility index (Phi) is 7.02. The van der Waals surface area contributed by atoms with Gasteiger partial charge in [0.1, 0.15) is 0 Å². The smallest absolute Gasteiger partial charge is 0.255 e. The Morgan fingerprint density at radius 3 is 2.39 bits per heavy atom. The molecule has 194 valence electrons. The molecule has 1 aliphatic heterocycles. The van der Waals surface area contributed by atoms with Crippen LogP contribution in [0, 0.1) is 0 Å². The summed E-state index contributed by atoms with van der Waals surface area (Å²) in [6.45, 7) is 2.23. The quantitative estimate of drug-likeness (QED) is 0.367. The number of nitrogens with zero attached hydrogens (tertiary/aromatic N) is 2. The van der Waals surface area contributed by atoms with E-state index in [0.717, 1.165) is 10.9 Å². The molecule has 3 amide bonds. The maximum Gasteiger partial charge on any atom is 0.255 e. The number of halogens is 1. The molecule has 2 aromatic carbocycles. The number of pyridine rings is 1. The molecule has 9 nitrogen and oxygen atoms in total. The van der Waals surface area contributed by atoms with Crippen molar-refractivity contribution in [3.05, 3.63) is 99.6 Å². The first kappa shape index (κ1) is 25.3. The van der Waals surface area contributed by atoms with Crippen LogP contribution in [-0.4, -0.2) is 57.3 Å². The van der Waals surface area contributed by atoms with Gasteiger partial charge in [0.15, 0.2) is 0 Å². The molecule has 0 aliphatic carbocycles. The molecule has 0 radical (unpaired) electrons. The number of benzene rings is 2. The largest absolute Gasteiger partial charge is 0.360 e. The minimum atomic E-state index is -0.496. The van der Waals surface area contributed by atoms with Crippen molar-refractivity contribution in [3.8, 4) is 5.69 Å². The summed E-state index contributed by atoms with van der Waals surface area (Å²) in [6, 6.07) is 15.9. The first-order valence-electron chi connectivity index (χ1n) is 12.2. The maximum absolute atomic E-state index is 13.1. The Labute approximate surface area is 223 Å². The summed E-state index contributed by atoms with van der Waals surface area (Å²) in [5.41, 5.74) is 2.07. The highest BCUT2D eigenvalue weighted by molar-refractivity contribution is 6.35. The molecule has 0 spiro atoms. The minimum absolute atomic E-state index is 0.0965. The van der Waals surface area contributed by atoms with Crippen molar-refractivity contribution in [1.29, 1.82) is 0 Å². The van der Waals surface area contributed by atoms with Crippen molar-refractivity contribution < 1.29 is 14.4 Å². The molecule has 1 aliphatic rings. The van der Waals surface area contributed by atoms with E-state index in [0.29, 0.717) is 34.8 Å². The SMILES string of the molecule is CC(=O)N1CC[C@@H](NC(=O)c2ccc3c(Cl)c[nH]c3c2)[C@@H](NC(=O)c2ccc(-n3ccccc3=O)cc2)C1. The zero-order chi connectivity index (χ0) is 26.8. The Morgan fingerprint density at radius 2 is 1.66 bits per heavy atom. The average Bonchev–Trinajstić information content (AvgIpc) is 3.29. The van der Waals surface area contributed by atoms with Crippen LogP contribution in [0.4, 0.5) is 0 Å². The number of likely N-dealkylation sites (tertiary alicyclic amines) is 1. The summed E-state index contributed by atoms with van der Waals surface area (Å²) in [5, 5.41) is 7.43. The molecule has 2 atom stereocenters. The third kappa shape index (κ3) is 5.19. The normalized spacial score (nSPS) is 17.3. The van der Waals surface area contributed by atoms with Crippen LogP contribution >= 0.6 is 11.6 Å². The lowest BCUT2D eigenvalue weighted by atomic mass is 9.97. The molecule has 2 aromatic heterocycles. The van der Waals surface area contributed by atoms with Gasteiger partial charge in [-0.1, -0.05) is 23.7 Å². The molecule has 3 N–H and O–H groups in total. The van der Waals surface area contributed by atoms with E-state index in [-0.39, 0.29) is 35.9 Å². The summed E-state index contributed by atoms with van der Waals surface area (Å²) >= 11 is 6.14. The van der Waals surface area contributed by atoms with E-state index in [1.807, 2.05) is 0 Å². The van der Waals surface area contributed by atoms with Crippen LogP contribution in [0.3, 0.4) is 0 Å². The van der Waals surface area contributed by atoms with Crippen molar-refractivity contribution in [3.63, 3.8) is 0 Å². The fraction of sp³-hybridized carbons (Fsp3) is 0.214. The standard InChI is InChI=1S/C28H26ClN5O4/c1-17(35)33-13-11-23(31-28(38)19-7-10-21-22(29)15-30-24(21)14-19)25(16-33)32-27(37)18-5-8-20(9-6-18)34-12-3-2-4-26(34)36/h2-10,12,14-15,23,25,30H,11,13,16H2,1H3,(H,31,38)(H,32,37)/t23-,25+/m1/s1. The molecule has 10 heteroatoms. The topological polar surface area (TPSA) is 116 Å². The van der Waals surface area contributed by atoms with Gasteiger partial charge in [-0.05, 0) is 48.9 Å². The Balaban J connectivity index is 1.32.